The van der Waals surface area contributed by atoms with E-state index in [1.807, 2.05) is 11.8 Å². The van der Waals surface area contributed by atoms with Crippen LogP contribution in [-0.4, -0.2) is 83.7 Å². The quantitative estimate of drug-likeness (QED) is 0.746. The Morgan fingerprint density at radius 3 is 2.44 bits per heavy atom. The van der Waals surface area contributed by atoms with Crippen LogP contribution < -0.4 is 0 Å². The fourth-order valence-corrected chi connectivity index (χ4v) is 5.87. The van der Waals surface area contributed by atoms with E-state index in [0.29, 0.717) is 11.7 Å². The van der Waals surface area contributed by atoms with Gasteiger partial charge in [-0.1, -0.05) is 30.3 Å². The summed E-state index contributed by atoms with van der Waals surface area (Å²) in [6, 6.07) is 10.7. The lowest BCUT2D eigenvalue weighted by atomic mass is 10.0. The largest absolute Gasteiger partial charge is 0.379 e. The summed E-state index contributed by atoms with van der Waals surface area (Å²) in [5.74, 6) is 1.01. The van der Waals surface area contributed by atoms with Crippen LogP contribution in [0.2, 0.25) is 0 Å². The van der Waals surface area contributed by atoms with Crippen molar-refractivity contribution in [1.82, 2.24) is 14.7 Å². The van der Waals surface area contributed by atoms with E-state index in [-0.39, 0.29) is 4.87 Å². The number of benzene rings is 1. The van der Waals surface area contributed by atoms with Crippen molar-refractivity contribution in [3.05, 3.63) is 35.9 Å². The van der Waals surface area contributed by atoms with Crippen molar-refractivity contribution >= 4 is 17.7 Å². The van der Waals surface area contributed by atoms with Gasteiger partial charge in [-0.05, 0) is 24.8 Å². The van der Waals surface area contributed by atoms with E-state index < -0.39 is 0 Å². The summed E-state index contributed by atoms with van der Waals surface area (Å²) in [7, 11) is 0. The SMILES string of the molecule is O=C1CSC2(CCN(Cc3ccccc3)CC2)N1CCCN1CCOCC1. The second-order valence-electron chi connectivity index (χ2n) is 7.85. The number of rotatable bonds is 6. The molecule has 1 spiro atoms. The average molecular weight is 390 g/mol. The molecule has 0 atom stereocenters. The molecule has 0 N–H and O–H groups in total. The van der Waals surface area contributed by atoms with E-state index in [1.54, 1.807) is 0 Å². The number of ether oxygens (including phenoxy) is 1. The second kappa shape index (κ2) is 8.95. The van der Waals surface area contributed by atoms with Crippen LogP contribution in [0.4, 0.5) is 0 Å². The Balaban J connectivity index is 1.28. The van der Waals surface area contributed by atoms with Gasteiger partial charge in [0.05, 0.1) is 23.8 Å². The Bertz CT molecular complexity index is 613. The molecule has 3 fully saturated rings. The molecule has 1 aromatic carbocycles. The zero-order valence-electron chi connectivity index (χ0n) is 16.1. The Hall–Kier alpha value is -1.08. The molecule has 3 saturated heterocycles. The van der Waals surface area contributed by atoms with Gasteiger partial charge in [0, 0.05) is 45.8 Å². The number of morpholine rings is 1. The third-order valence-corrected chi connectivity index (χ3v) is 7.66. The minimum atomic E-state index is 0.0509. The molecule has 148 valence electrons. The highest BCUT2D eigenvalue weighted by Gasteiger charge is 2.47. The monoisotopic (exact) mass is 389 g/mol. The number of hydrogen-bond donors (Lipinski definition) is 0. The number of likely N-dealkylation sites (tertiary alicyclic amines) is 1. The van der Waals surface area contributed by atoms with Gasteiger partial charge >= 0.3 is 0 Å². The fraction of sp³-hybridized carbons (Fsp3) is 0.667. The maximum absolute atomic E-state index is 12.6. The third kappa shape index (κ3) is 4.67. The number of hydrogen-bond acceptors (Lipinski definition) is 5. The molecule has 27 heavy (non-hydrogen) atoms. The summed E-state index contributed by atoms with van der Waals surface area (Å²) in [4.78, 5) is 19.8. The number of carbonyl (C=O) groups is 1. The van der Waals surface area contributed by atoms with Gasteiger partial charge in [0.1, 0.15) is 0 Å². The van der Waals surface area contributed by atoms with Crippen molar-refractivity contribution in [3.63, 3.8) is 0 Å². The predicted molar refractivity (Wildman–Crippen MR) is 110 cm³/mol. The highest BCUT2D eigenvalue weighted by Crippen LogP contribution is 2.44. The second-order valence-corrected chi connectivity index (χ2v) is 9.19. The predicted octanol–water partition coefficient (Wildman–Crippen LogP) is 2.28. The smallest absolute Gasteiger partial charge is 0.233 e. The lowest BCUT2D eigenvalue weighted by Gasteiger charge is -2.44. The molecule has 6 heteroatoms. The van der Waals surface area contributed by atoms with E-state index in [2.05, 4.69) is 45.0 Å². The van der Waals surface area contributed by atoms with Crippen molar-refractivity contribution in [1.29, 1.82) is 0 Å². The first-order valence-corrected chi connectivity index (χ1v) is 11.2. The molecule has 0 bridgehead atoms. The van der Waals surface area contributed by atoms with Crippen molar-refractivity contribution in [3.8, 4) is 0 Å². The standard InChI is InChI=1S/C21H31N3O2S/c25-20-18-27-21(24(20)10-4-9-22-13-15-26-16-14-22)7-11-23(12-8-21)17-19-5-2-1-3-6-19/h1-3,5-6H,4,7-18H2. The van der Waals surface area contributed by atoms with Crippen molar-refractivity contribution in [2.45, 2.75) is 30.7 Å². The topological polar surface area (TPSA) is 36.0 Å². The molecule has 3 heterocycles. The van der Waals surface area contributed by atoms with E-state index in [0.717, 1.165) is 78.3 Å². The minimum absolute atomic E-state index is 0.0509. The molecule has 4 rings (SSSR count). The van der Waals surface area contributed by atoms with Crippen molar-refractivity contribution < 1.29 is 9.53 Å². The van der Waals surface area contributed by atoms with E-state index in [1.165, 1.54) is 5.56 Å². The van der Waals surface area contributed by atoms with Crippen LogP contribution in [0.25, 0.3) is 0 Å². The minimum Gasteiger partial charge on any atom is -0.379 e. The lowest BCUT2D eigenvalue weighted by molar-refractivity contribution is -0.131. The zero-order valence-corrected chi connectivity index (χ0v) is 17.0. The number of carbonyl (C=O) groups excluding carboxylic acids is 1. The van der Waals surface area contributed by atoms with Crippen molar-refractivity contribution in [2.24, 2.45) is 0 Å². The van der Waals surface area contributed by atoms with Crippen LogP contribution in [0.3, 0.4) is 0 Å². The van der Waals surface area contributed by atoms with Crippen LogP contribution in [0, 0.1) is 0 Å². The highest BCUT2D eigenvalue weighted by molar-refractivity contribution is 8.01. The molecule has 3 aliphatic heterocycles. The normalized spacial score (nSPS) is 24.0. The molecular weight excluding hydrogens is 358 g/mol. The molecule has 0 aromatic heterocycles. The summed E-state index contributed by atoms with van der Waals surface area (Å²) >= 11 is 1.89. The molecule has 3 aliphatic rings. The van der Waals surface area contributed by atoms with E-state index in [9.17, 15) is 4.79 Å². The van der Waals surface area contributed by atoms with E-state index in [4.69, 9.17) is 4.74 Å². The number of thioether (sulfide) groups is 1. The third-order valence-electron chi connectivity index (χ3n) is 6.10. The zero-order chi connectivity index (χ0) is 18.5. The van der Waals surface area contributed by atoms with Crippen LogP contribution in [0.1, 0.15) is 24.8 Å². The van der Waals surface area contributed by atoms with Gasteiger partial charge in [-0.15, -0.1) is 11.8 Å². The molecule has 1 amide bonds. The lowest BCUT2D eigenvalue weighted by Crippen LogP contribution is -2.52. The molecule has 0 aliphatic carbocycles. The average Bonchev–Trinajstić information content (AvgIpc) is 3.01. The fourth-order valence-electron chi connectivity index (χ4n) is 4.50. The van der Waals surface area contributed by atoms with Gasteiger partial charge in [0.25, 0.3) is 0 Å². The Labute approximate surface area is 167 Å². The molecule has 1 aromatic rings. The van der Waals surface area contributed by atoms with Crippen LogP contribution in [0.5, 0.6) is 0 Å². The number of nitrogens with zero attached hydrogens (tertiary/aromatic N) is 3. The summed E-state index contributed by atoms with van der Waals surface area (Å²) in [6.07, 6.45) is 3.25. The van der Waals surface area contributed by atoms with Gasteiger partial charge < -0.3 is 9.64 Å². The first kappa shape index (κ1) is 19.2. The van der Waals surface area contributed by atoms with Crippen LogP contribution >= 0.6 is 11.8 Å². The van der Waals surface area contributed by atoms with Gasteiger partial charge in [0.2, 0.25) is 5.91 Å². The summed E-state index contributed by atoms with van der Waals surface area (Å²) in [5.41, 5.74) is 1.38. The Morgan fingerprint density at radius 2 is 1.70 bits per heavy atom. The van der Waals surface area contributed by atoms with Crippen molar-refractivity contribution in [2.75, 3.05) is 58.2 Å². The summed E-state index contributed by atoms with van der Waals surface area (Å²) in [5, 5.41) is 0. The van der Waals surface area contributed by atoms with Crippen LogP contribution in [-0.2, 0) is 16.1 Å². The molecular formula is C21H31N3O2S. The van der Waals surface area contributed by atoms with Gasteiger partial charge in [-0.25, -0.2) is 0 Å². The molecule has 0 radical (unpaired) electrons. The first-order valence-electron chi connectivity index (χ1n) is 10.3. The Kier molecular flexibility index (Phi) is 6.38. The summed E-state index contributed by atoms with van der Waals surface area (Å²) in [6.45, 7) is 8.91. The summed E-state index contributed by atoms with van der Waals surface area (Å²) < 4.78 is 5.42. The van der Waals surface area contributed by atoms with E-state index >= 15 is 0 Å². The maximum Gasteiger partial charge on any atom is 0.233 e. The van der Waals surface area contributed by atoms with Gasteiger partial charge in [0.15, 0.2) is 0 Å². The molecule has 0 saturated carbocycles. The Morgan fingerprint density at radius 1 is 0.963 bits per heavy atom. The van der Waals surface area contributed by atoms with Crippen LogP contribution in [0.15, 0.2) is 30.3 Å². The maximum atomic E-state index is 12.6. The molecule has 5 nitrogen and oxygen atoms in total. The van der Waals surface area contributed by atoms with Gasteiger partial charge in [-0.3, -0.25) is 14.6 Å². The van der Waals surface area contributed by atoms with Gasteiger partial charge in [-0.2, -0.15) is 0 Å². The highest BCUT2D eigenvalue weighted by atomic mass is 32.2. The molecule has 0 unspecified atom stereocenters. The number of amides is 1. The first-order chi connectivity index (χ1) is 13.3. The number of piperidine rings is 1.